The minimum Gasteiger partial charge on any atom is -0.486 e. The molecule has 5 heteroatoms. The van der Waals surface area contributed by atoms with Crippen molar-refractivity contribution in [1.82, 2.24) is 9.80 Å². The van der Waals surface area contributed by atoms with E-state index in [1.165, 1.54) is 5.56 Å². The number of hydrogen-bond donors (Lipinski definition) is 0. The molecular weight excluding hydrogens is 278 g/mol. The topological polar surface area (TPSA) is 48.7 Å². The van der Waals surface area contributed by atoms with E-state index in [-0.39, 0.29) is 0 Å². The van der Waals surface area contributed by atoms with Crippen LogP contribution in [-0.4, -0.2) is 55.7 Å². The summed E-state index contributed by atoms with van der Waals surface area (Å²) in [7, 11) is 0. The van der Waals surface area contributed by atoms with E-state index in [2.05, 4.69) is 28.0 Å². The molecule has 0 bridgehead atoms. The number of benzene rings is 1. The number of unbranched alkanes of at least 4 members (excludes halogenated alkanes) is 1. The number of ether oxygens (including phenoxy) is 2. The number of rotatable bonds is 5. The summed E-state index contributed by atoms with van der Waals surface area (Å²) in [6.07, 6.45) is 1.65. The van der Waals surface area contributed by atoms with Gasteiger partial charge in [-0.15, -0.1) is 0 Å². The van der Waals surface area contributed by atoms with Crippen molar-refractivity contribution in [2.24, 2.45) is 0 Å². The van der Waals surface area contributed by atoms with Crippen LogP contribution in [0.5, 0.6) is 11.5 Å². The Kier molecular flexibility index (Phi) is 5.15. The van der Waals surface area contributed by atoms with E-state index < -0.39 is 0 Å². The maximum absolute atomic E-state index is 8.59. The zero-order chi connectivity index (χ0) is 15.2. The molecule has 22 heavy (non-hydrogen) atoms. The molecule has 1 aromatic carbocycles. The highest BCUT2D eigenvalue weighted by atomic mass is 16.6. The van der Waals surface area contributed by atoms with E-state index in [0.29, 0.717) is 19.6 Å². The fourth-order valence-electron chi connectivity index (χ4n) is 3.00. The number of fused-ring (bicyclic) bond motifs is 1. The second-order valence-electron chi connectivity index (χ2n) is 5.86. The van der Waals surface area contributed by atoms with E-state index in [4.69, 9.17) is 14.7 Å². The van der Waals surface area contributed by atoms with Crippen molar-refractivity contribution in [3.8, 4) is 17.6 Å². The maximum Gasteiger partial charge on any atom is 0.161 e. The molecule has 0 unspecified atom stereocenters. The second kappa shape index (κ2) is 7.48. The van der Waals surface area contributed by atoms with Gasteiger partial charge < -0.3 is 14.4 Å². The quantitative estimate of drug-likeness (QED) is 0.777. The molecule has 2 heterocycles. The lowest BCUT2D eigenvalue weighted by atomic mass is 10.1. The van der Waals surface area contributed by atoms with Gasteiger partial charge in [0.1, 0.15) is 13.2 Å². The Hall–Kier alpha value is -1.77. The number of nitrogens with zero attached hydrogens (tertiary/aromatic N) is 3. The van der Waals surface area contributed by atoms with Crippen molar-refractivity contribution in [1.29, 1.82) is 5.26 Å². The van der Waals surface area contributed by atoms with Crippen LogP contribution in [0.3, 0.4) is 0 Å². The highest BCUT2D eigenvalue weighted by Gasteiger charge is 2.18. The highest BCUT2D eigenvalue weighted by Crippen LogP contribution is 2.31. The van der Waals surface area contributed by atoms with Crippen LogP contribution < -0.4 is 9.47 Å². The molecule has 1 aromatic rings. The lowest BCUT2D eigenvalue weighted by Gasteiger charge is -2.34. The first-order chi connectivity index (χ1) is 10.8. The molecule has 5 nitrogen and oxygen atoms in total. The standard InChI is InChI=1S/C17H23N3O2/c18-5-1-2-6-19-7-9-20(10-8-19)14-15-3-4-16-17(13-15)22-12-11-21-16/h3-4,13H,1-2,6-12,14H2. The smallest absolute Gasteiger partial charge is 0.161 e. The van der Waals surface area contributed by atoms with Crippen LogP contribution in [0.4, 0.5) is 0 Å². The van der Waals surface area contributed by atoms with E-state index in [9.17, 15) is 0 Å². The van der Waals surface area contributed by atoms with E-state index in [1.54, 1.807) is 0 Å². The molecule has 0 N–H and O–H groups in total. The van der Waals surface area contributed by atoms with Gasteiger partial charge in [0, 0.05) is 39.1 Å². The van der Waals surface area contributed by atoms with Gasteiger partial charge >= 0.3 is 0 Å². The largest absolute Gasteiger partial charge is 0.486 e. The normalized spacial score (nSPS) is 18.9. The average Bonchev–Trinajstić information content (AvgIpc) is 2.57. The molecule has 1 fully saturated rings. The molecule has 2 aliphatic heterocycles. The first-order valence-electron chi connectivity index (χ1n) is 8.05. The van der Waals surface area contributed by atoms with Gasteiger partial charge in [0.15, 0.2) is 11.5 Å². The predicted octanol–water partition coefficient (Wildman–Crippen LogP) is 1.88. The van der Waals surface area contributed by atoms with Crippen LogP contribution in [0.15, 0.2) is 18.2 Å². The lowest BCUT2D eigenvalue weighted by molar-refractivity contribution is 0.126. The Morgan fingerprint density at radius 1 is 1.00 bits per heavy atom. The average molecular weight is 301 g/mol. The van der Waals surface area contributed by atoms with Gasteiger partial charge in [0.05, 0.1) is 6.07 Å². The zero-order valence-electron chi connectivity index (χ0n) is 13.0. The summed E-state index contributed by atoms with van der Waals surface area (Å²) in [6, 6.07) is 8.47. The predicted molar refractivity (Wildman–Crippen MR) is 84.0 cm³/mol. The zero-order valence-corrected chi connectivity index (χ0v) is 13.0. The summed E-state index contributed by atoms with van der Waals surface area (Å²) in [5.74, 6) is 1.73. The van der Waals surface area contributed by atoms with Gasteiger partial charge in [-0.05, 0) is 30.7 Å². The summed E-state index contributed by atoms with van der Waals surface area (Å²) >= 11 is 0. The molecule has 0 amide bonds. The Bertz CT molecular complexity index is 533. The fraction of sp³-hybridized carbons (Fsp3) is 0.588. The van der Waals surface area contributed by atoms with Crippen LogP contribution in [-0.2, 0) is 6.54 Å². The van der Waals surface area contributed by atoms with Gasteiger partial charge in [-0.1, -0.05) is 6.07 Å². The molecule has 0 atom stereocenters. The minimum atomic E-state index is 0.637. The van der Waals surface area contributed by atoms with E-state index in [0.717, 1.165) is 57.2 Å². The number of hydrogen-bond acceptors (Lipinski definition) is 5. The van der Waals surface area contributed by atoms with E-state index >= 15 is 0 Å². The maximum atomic E-state index is 8.59. The molecule has 0 radical (unpaired) electrons. The van der Waals surface area contributed by atoms with Gasteiger partial charge in [-0.2, -0.15) is 5.26 Å². The molecule has 118 valence electrons. The summed E-state index contributed by atoms with van der Waals surface area (Å²) < 4.78 is 11.2. The summed E-state index contributed by atoms with van der Waals surface area (Å²) in [5.41, 5.74) is 1.28. The summed E-state index contributed by atoms with van der Waals surface area (Å²) in [6.45, 7) is 7.64. The van der Waals surface area contributed by atoms with Crippen LogP contribution >= 0.6 is 0 Å². The monoisotopic (exact) mass is 301 g/mol. The lowest BCUT2D eigenvalue weighted by Crippen LogP contribution is -2.46. The third-order valence-corrected chi connectivity index (χ3v) is 4.24. The van der Waals surface area contributed by atoms with Gasteiger partial charge in [0.25, 0.3) is 0 Å². The van der Waals surface area contributed by atoms with Crippen LogP contribution in [0.2, 0.25) is 0 Å². The second-order valence-corrected chi connectivity index (χ2v) is 5.86. The molecule has 3 rings (SSSR count). The van der Waals surface area contributed by atoms with Gasteiger partial charge in [-0.25, -0.2) is 0 Å². The molecule has 1 saturated heterocycles. The number of nitriles is 1. The third-order valence-electron chi connectivity index (χ3n) is 4.24. The SMILES string of the molecule is N#CCCCN1CCN(Cc2ccc3c(c2)OCCO3)CC1. The minimum absolute atomic E-state index is 0.637. The molecule has 0 spiro atoms. The van der Waals surface area contributed by atoms with E-state index in [1.807, 2.05) is 6.07 Å². The van der Waals surface area contributed by atoms with Gasteiger partial charge in [-0.3, -0.25) is 4.90 Å². The molecular formula is C17H23N3O2. The van der Waals surface area contributed by atoms with Crippen molar-refractivity contribution < 1.29 is 9.47 Å². The molecule has 0 aromatic heterocycles. The molecule has 0 aliphatic carbocycles. The van der Waals surface area contributed by atoms with Crippen molar-refractivity contribution in [3.63, 3.8) is 0 Å². The third kappa shape index (κ3) is 3.90. The first kappa shape index (κ1) is 15.1. The van der Waals surface area contributed by atoms with Crippen LogP contribution in [0.25, 0.3) is 0 Å². The van der Waals surface area contributed by atoms with Gasteiger partial charge in [0.2, 0.25) is 0 Å². The highest BCUT2D eigenvalue weighted by molar-refractivity contribution is 5.43. The fourth-order valence-corrected chi connectivity index (χ4v) is 3.00. The molecule has 2 aliphatic rings. The first-order valence-corrected chi connectivity index (χ1v) is 8.05. The van der Waals surface area contributed by atoms with Crippen molar-refractivity contribution in [2.75, 3.05) is 45.9 Å². The summed E-state index contributed by atoms with van der Waals surface area (Å²) in [5, 5.41) is 8.59. The van der Waals surface area contributed by atoms with Crippen molar-refractivity contribution in [3.05, 3.63) is 23.8 Å². The van der Waals surface area contributed by atoms with Crippen molar-refractivity contribution >= 4 is 0 Å². The summed E-state index contributed by atoms with van der Waals surface area (Å²) in [4.78, 5) is 4.93. The number of piperazine rings is 1. The molecule has 0 saturated carbocycles. The Balaban J connectivity index is 1.47. The Labute approximate surface area is 132 Å². The Morgan fingerprint density at radius 3 is 2.50 bits per heavy atom. The van der Waals surface area contributed by atoms with Crippen LogP contribution in [0, 0.1) is 11.3 Å². The van der Waals surface area contributed by atoms with Crippen LogP contribution in [0.1, 0.15) is 18.4 Å². The van der Waals surface area contributed by atoms with Crippen molar-refractivity contribution in [2.45, 2.75) is 19.4 Å². The Morgan fingerprint density at radius 2 is 1.73 bits per heavy atom.